The molecule has 1 atom stereocenters. The van der Waals surface area contributed by atoms with Crippen molar-refractivity contribution in [3.8, 4) is 22.4 Å². The summed E-state index contributed by atoms with van der Waals surface area (Å²) < 4.78 is 5.46. The molecule has 1 aromatic heterocycles. The molecule has 0 bridgehead atoms. The molecule has 6 rings (SSSR count). The van der Waals surface area contributed by atoms with Crippen LogP contribution in [0.4, 0.5) is 11.4 Å². The van der Waals surface area contributed by atoms with Gasteiger partial charge in [-0.05, 0) is 41.0 Å². The second kappa shape index (κ2) is 8.92. The number of carbonyl (C=O) groups excluding carboxylic acids is 1. The lowest BCUT2D eigenvalue weighted by Gasteiger charge is -2.36. The molecule has 1 saturated heterocycles. The number of fused-ring (bicyclic) bond motifs is 1. The molecule has 0 aliphatic carbocycles. The zero-order chi connectivity index (χ0) is 23.8. The van der Waals surface area contributed by atoms with E-state index >= 15 is 0 Å². The Morgan fingerprint density at radius 1 is 0.886 bits per heavy atom. The third-order valence-corrected chi connectivity index (χ3v) is 6.90. The van der Waals surface area contributed by atoms with Crippen LogP contribution in [0, 0.1) is 0 Å². The molecule has 7 heteroatoms. The fourth-order valence-corrected chi connectivity index (χ4v) is 4.95. The van der Waals surface area contributed by atoms with Crippen LogP contribution in [-0.4, -0.2) is 49.5 Å². The minimum atomic E-state index is -0.307. The smallest absolute Gasteiger partial charge is 0.255 e. The van der Waals surface area contributed by atoms with Crippen molar-refractivity contribution in [2.75, 3.05) is 43.2 Å². The van der Waals surface area contributed by atoms with Gasteiger partial charge >= 0.3 is 0 Å². The van der Waals surface area contributed by atoms with Crippen LogP contribution in [0.1, 0.15) is 22.1 Å². The van der Waals surface area contributed by atoms with Gasteiger partial charge in [-0.25, -0.2) is 0 Å². The fraction of sp³-hybridized carbons (Fsp3) is 0.214. The Morgan fingerprint density at radius 3 is 2.29 bits per heavy atom. The molecule has 3 aromatic carbocycles. The lowest BCUT2D eigenvalue weighted by molar-refractivity contribution is 0.0928. The standard InChI is InChI=1S/C28H27N5O2/c1-32-25-5-3-2-4-23(25)28(34)30-27(32)24-18-29-31-26(24)21-8-6-19(7-9-21)20-10-12-22(13-11-20)33-14-16-35-17-15-33/h2-13,18,27H,14-17H2,1H3,(H,29,31)(H,30,34). The molecular formula is C28H27N5O2. The maximum Gasteiger partial charge on any atom is 0.255 e. The van der Waals surface area contributed by atoms with E-state index in [4.69, 9.17) is 4.74 Å². The van der Waals surface area contributed by atoms with Crippen LogP contribution in [-0.2, 0) is 4.74 Å². The topological polar surface area (TPSA) is 73.5 Å². The van der Waals surface area contributed by atoms with E-state index in [0.717, 1.165) is 54.4 Å². The minimum absolute atomic E-state index is 0.0771. The van der Waals surface area contributed by atoms with Gasteiger partial charge in [0.15, 0.2) is 0 Å². The van der Waals surface area contributed by atoms with Crippen LogP contribution in [0.25, 0.3) is 22.4 Å². The van der Waals surface area contributed by atoms with E-state index in [2.05, 4.69) is 73.8 Å². The first kappa shape index (κ1) is 21.4. The zero-order valence-electron chi connectivity index (χ0n) is 19.6. The van der Waals surface area contributed by atoms with Gasteiger partial charge in [0.1, 0.15) is 6.17 Å². The van der Waals surface area contributed by atoms with Crippen LogP contribution >= 0.6 is 0 Å². The molecule has 1 fully saturated rings. The van der Waals surface area contributed by atoms with Crippen molar-refractivity contribution in [3.05, 3.63) is 90.1 Å². The molecule has 1 amide bonds. The quantitative estimate of drug-likeness (QED) is 0.466. The normalized spacial score (nSPS) is 17.7. The number of amides is 1. The Bertz CT molecular complexity index is 1340. The number of anilines is 2. The van der Waals surface area contributed by atoms with E-state index in [0.29, 0.717) is 5.56 Å². The first-order valence-electron chi connectivity index (χ1n) is 11.9. The summed E-state index contributed by atoms with van der Waals surface area (Å²) in [6, 6.07) is 24.8. The molecular weight excluding hydrogens is 438 g/mol. The maximum absolute atomic E-state index is 12.7. The second-order valence-electron chi connectivity index (χ2n) is 8.93. The van der Waals surface area contributed by atoms with Crippen LogP contribution < -0.4 is 15.1 Å². The van der Waals surface area contributed by atoms with Crippen LogP contribution in [0.15, 0.2) is 79.0 Å². The molecule has 2 N–H and O–H groups in total. The van der Waals surface area contributed by atoms with Crippen molar-refractivity contribution in [2.24, 2.45) is 0 Å². The Kier molecular flexibility index (Phi) is 5.47. The number of aromatic amines is 1. The zero-order valence-corrected chi connectivity index (χ0v) is 19.6. The molecule has 2 aliphatic rings. The van der Waals surface area contributed by atoms with E-state index in [1.54, 1.807) is 6.20 Å². The summed E-state index contributed by atoms with van der Waals surface area (Å²) in [5, 5.41) is 10.6. The Hall–Kier alpha value is -4.10. The molecule has 35 heavy (non-hydrogen) atoms. The summed E-state index contributed by atoms with van der Waals surface area (Å²) in [6.45, 7) is 3.43. The Labute approximate surface area is 204 Å². The van der Waals surface area contributed by atoms with Crippen molar-refractivity contribution in [3.63, 3.8) is 0 Å². The van der Waals surface area contributed by atoms with Crippen LogP contribution in [0.3, 0.4) is 0 Å². The molecule has 0 radical (unpaired) electrons. The van der Waals surface area contributed by atoms with E-state index in [1.165, 1.54) is 11.3 Å². The number of para-hydroxylation sites is 1. The third kappa shape index (κ3) is 3.94. The van der Waals surface area contributed by atoms with Crippen molar-refractivity contribution in [1.29, 1.82) is 0 Å². The minimum Gasteiger partial charge on any atom is -0.378 e. The highest BCUT2D eigenvalue weighted by Crippen LogP contribution is 2.35. The van der Waals surface area contributed by atoms with E-state index in [-0.39, 0.29) is 12.1 Å². The molecule has 2 aliphatic heterocycles. The van der Waals surface area contributed by atoms with E-state index < -0.39 is 0 Å². The molecule has 1 unspecified atom stereocenters. The predicted octanol–water partition coefficient (Wildman–Crippen LogP) is 4.46. The lowest BCUT2D eigenvalue weighted by Crippen LogP contribution is -2.44. The Morgan fingerprint density at radius 2 is 1.54 bits per heavy atom. The number of carbonyl (C=O) groups is 1. The molecule has 7 nitrogen and oxygen atoms in total. The number of hydrogen-bond donors (Lipinski definition) is 2. The highest BCUT2D eigenvalue weighted by atomic mass is 16.5. The summed E-state index contributed by atoms with van der Waals surface area (Å²) in [5.41, 5.74) is 8.00. The number of nitrogens with zero attached hydrogens (tertiary/aromatic N) is 3. The largest absolute Gasteiger partial charge is 0.378 e. The number of hydrogen-bond acceptors (Lipinski definition) is 5. The van der Waals surface area contributed by atoms with Crippen LogP contribution in [0.5, 0.6) is 0 Å². The first-order chi connectivity index (χ1) is 17.2. The molecule has 4 aromatic rings. The fourth-order valence-electron chi connectivity index (χ4n) is 4.95. The second-order valence-corrected chi connectivity index (χ2v) is 8.93. The Balaban J connectivity index is 1.24. The summed E-state index contributed by atoms with van der Waals surface area (Å²) in [6.07, 6.45) is 1.49. The van der Waals surface area contributed by atoms with Gasteiger partial charge in [-0.2, -0.15) is 5.10 Å². The van der Waals surface area contributed by atoms with Gasteiger partial charge in [-0.15, -0.1) is 0 Å². The molecule has 0 spiro atoms. The van der Waals surface area contributed by atoms with Crippen LogP contribution in [0.2, 0.25) is 0 Å². The predicted molar refractivity (Wildman–Crippen MR) is 138 cm³/mol. The van der Waals surface area contributed by atoms with E-state index in [1.807, 2.05) is 31.3 Å². The van der Waals surface area contributed by atoms with Crippen molar-refractivity contribution in [1.82, 2.24) is 15.5 Å². The lowest BCUT2D eigenvalue weighted by atomic mass is 9.99. The number of H-pyrrole nitrogens is 1. The third-order valence-electron chi connectivity index (χ3n) is 6.90. The summed E-state index contributed by atoms with van der Waals surface area (Å²) >= 11 is 0. The maximum atomic E-state index is 12.7. The number of rotatable bonds is 4. The van der Waals surface area contributed by atoms with Crippen molar-refractivity contribution >= 4 is 17.3 Å². The van der Waals surface area contributed by atoms with Gasteiger partial charge < -0.3 is 19.9 Å². The highest BCUT2D eigenvalue weighted by molar-refractivity contribution is 6.02. The summed E-state index contributed by atoms with van der Waals surface area (Å²) in [4.78, 5) is 17.2. The number of nitrogens with one attached hydrogen (secondary N) is 2. The summed E-state index contributed by atoms with van der Waals surface area (Å²) in [7, 11) is 1.99. The number of morpholine rings is 1. The number of benzene rings is 3. The molecule has 3 heterocycles. The van der Waals surface area contributed by atoms with Gasteiger partial charge in [-0.3, -0.25) is 9.89 Å². The highest BCUT2D eigenvalue weighted by Gasteiger charge is 2.31. The first-order valence-corrected chi connectivity index (χ1v) is 11.9. The monoisotopic (exact) mass is 465 g/mol. The van der Waals surface area contributed by atoms with Gasteiger partial charge in [0.05, 0.1) is 36.4 Å². The number of aromatic nitrogens is 2. The SMILES string of the molecule is CN1c2ccccc2C(=O)NC1c1cn[nH]c1-c1ccc(-c2ccc(N3CCOCC3)cc2)cc1. The number of ether oxygens (including phenoxy) is 1. The van der Waals surface area contributed by atoms with Gasteiger partial charge in [0.2, 0.25) is 0 Å². The molecule has 176 valence electrons. The summed E-state index contributed by atoms with van der Waals surface area (Å²) in [5.74, 6) is -0.0771. The average molecular weight is 466 g/mol. The molecule has 0 saturated carbocycles. The average Bonchev–Trinajstić information content (AvgIpc) is 3.41. The van der Waals surface area contributed by atoms with E-state index in [9.17, 15) is 4.79 Å². The van der Waals surface area contributed by atoms with Gasteiger partial charge in [-0.1, -0.05) is 48.5 Å². The van der Waals surface area contributed by atoms with Gasteiger partial charge in [0.25, 0.3) is 5.91 Å². The van der Waals surface area contributed by atoms with Gasteiger partial charge in [0, 0.05) is 31.4 Å². The van der Waals surface area contributed by atoms with Crippen molar-refractivity contribution in [2.45, 2.75) is 6.17 Å². The van der Waals surface area contributed by atoms with Crippen molar-refractivity contribution < 1.29 is 9.53 Å².